The van der Waals surface area contributed by atoms with Gasteiger partial charge < -0.3 is 10.1 Å². The number of allylic oxidation sites excluding steroid dienone is 1. The average molecular weight is 338 g/mol. The van der Waals surface area contributed by atoms with Crippen molar-refractivity contribution in [1.29, 1.82) is 0 Å². The lowest BCUT2D eigenvalue weighted by Crippen LogP contribution is -2.49. The minimum Gasteiger partial charge on any atom is -0.356 e. The molecular formula is C11H19IN2O2. The van der Waals surface area contributed by atoms with Crippen LogP contribution in [0.25, 0.3) is 0 Å². The highest BCUT2D eigenvalue weighted by molar-refractivity contribution is 14.1. The molecule has 0 atom stereocenters. The summed E-state index contributed by atoms with van der Waals surface area (Å²) in [5.74, 6) is 0.0709. The van der Waals surface area contributed by atoms with Crippen LogP contribution in [-0.4, -0.2) is 43.6 Å². The number of nitrogens with zero attached hydrogens (tertiary/aromatic N) is 2. The van der Waals surface area contributed by atoms with E-state index in [-0.39, 0.29) is 5.78 Å². The fraction of sp³-hybridized carbons (Fsp3) is 0.727. The number of alkyl halides is 1. The second-order valence-corrected chi connectivity index (χ2v) is 5.82. The van der Waals surface area contributed by atoms with Gasteiger partial charge in [0.15, 0.2) is 5.78 Å². The van der Waals surface area contributed by atoms with E-state index in [1.807, 2.05) is 62.2 Å². The zero-order valence-corrected chi connectivity index (χ0v) is 12.6. The smallest absolute Gasteiger partial charge is 0.167 e. The molecular weight excluding hydrogens is 319 g/mol. The van der Waals surface area contributed by atoms with E-state index in [4.69, 9.17) is 0 Å². The number of hydroxylamine groups is 2. The van der Waals surface area contributed by atoms with Gasteiger partial charge in [-0.05, 0) is 27.7 Å². The molecule has 0 bridgehead atoms. The summed E-state index contributed by atoms with van der Waals surface area (Å²) < 4.78 is 0.455. The van der Waals surface area contributed by atoms with Crippen molar-refractivity contribution >= 4 is 28.4 Å². The summed E-state index contributed by atoms with van der Waals surface area (Å²) >= 11 is 2.04. The highest BCUT2D eigenvalue weighted by Gasteiger charge is 2.51. The van der Waals surface area contributed by atoms with E-state index >= 15 is 0 Å². The Kier molecular flexibility index (Phi) is 3.71. The molecule has 0 aliphatic carbocycles. The second kappa shape index (κ2) is 4.27. The van der Waals surface area contributed by atoms with Crippen LogP contribution in [-0.2, 0) is 4.79 Å². The zero-order chi connectivity index (χ0) is 12.7. The number of halogens is 1. The van der Waals surface area contributed by atoms with Crippen molar-refractivity contribution in [3.63, 3.8) is 0 Å². The van der Waals surface area contributed by atoms with Crippen molar-refractivity contribution in [2.24, 2.45) is 0 Å². The van der Waals surface area contributed by atoms with Gasteiger partial charge in [-0.3, -0.25) is 4.79 Å². The number of carbonyl (C=O) groups excluding carboxylic acids is 1. The molecule has 1 fully saturated rings. The van der Waals surface area contributed by atoms with Crippen LogP contribution in [0.15, 0.2) is 11.8 Å². The minimum atomic E-state index is -0.542. The molecule has 1 heterocycles. The standard InChI is InChI=1S/C11H19IN2O2/c1-10(2)9(6-8(15)7-12)13(5)11(3,4)14(10)16/h6,16H,7H2,1-5H3. The number of carbonyl (C=O) groups is 1. The Morgan fingerprint density at radius 2 is 1.94 bits per heavy atom. The molecule has 0 aromatic carbocycles. The fourth-order valence-corrected chi connectivity index (χ4v) is 2.32. The Labute approximate surface area is 110 Å². The molecule has 92 valence electrons. The predicted molar refractivity (Wildman–Crippen MR) is 71.5 cm³/mol. The van der Waals surface area contributed by atoms with Crippen LogP contribution in [0.1, 0.15) is 27.7 Å². The number of ketones is 1. The molecule has 1 rings (SSSR count). The van der Waals surface area contributed by atoms with Crippen molar-refractivity contribution in [3.05, 3.63) is 11.8 Å². The lowest BCUT2D eigenvalue weighted by atomic mass is 10.0. The van der Waals surface area contributed by atoms with Gasteiger partial charge in [0.1, 0.15) is 5.66 Å². The van der Waals surface area contributed by atoms with Crippen LogP contribution in [0, 0.1) is 0 Å². The zero-order valence-electron chi connectivity index (χ0n) is 10.4. The van der Waals surface area contributed by atoms with Gasteiger partial charge in [0.2, 0.25) is 0 Å². The first kappa shape index (κ1) is 13.9. The molecule has 0 spiro atoms. The highest BCUT2D eigenvalue weighted by Crippen LogP contribution is 2.41. The van der Waals surface area contributed by atoms with Crippen molar-refractivity contribution in [1.82, 2.24) is 9.96 Å². The van der Waals surface area contributed by atoms with Crippen LogP contribution < -0.4 is 0 Å². The third-order valence-corrected chi connectivity index (χ3v) is 4.04. The lowest BCUT2D eigenvalue weighted by molar-refractivity contribution is -0.207. The van der Waals surface area contributed by atoms with Crippen molar-refractivity contribution in [3.8, 4) is 0 Å². The van der Waals surface area contributed by atoms with Crippen molar-refractivity contribution < 1.29 is 10.0 Å². The Morgan fingerprint density at radius 3 is 2.25 bits per heavy atom. The molecule has 0 radical (unpaired) electrons. The van der Waals surface area contributed by atoms with Crippen LogP contribution in [0.2, 0.25) is 0 Å². The van der Waals surface area contributed by atoms with E-state index in [2.05, 4.69) is 0 Å². The summed E-state index contributed by atoms with van der Waals surface area (Å²) in [7, 11) is 1.89. The SMILES string of the molecule is CN1C(=CC(=O)CI)C(C)(C)N(O)C1(C)C. The first-order chi connectivity index (χ1) is 7.15. The number of likely N-dealkylation sites (N-methyl/N-ethyl adjacent to an activating group) is 1. The van der Waals surface area contributed by atoms with Crippen LogP contribution >= 0.6 is 22.6 Å². The fourth-order valence-electron chi connectivity index (χ4n) is 2.10. The van der Waals surface area contributed by atoms with E-state index in [0.29, 0.717) is 4.43 Å². The van der Waals surface area contributed by atoms with Gasteiger partial charge in [-0.25, -0.2) is 0 Å². The number of hydrogen-bond acceptors (Lipinski definition) is 4. The Morgan fingerprint density at radius 1 is 1.44 bits per heavy atom. The Balaban J connectivity index is 3.21. The number of rotatable bonds is 2. The Hall–Kier alpha value is -0.140. The first-order valence-corrected chi connectivity index (χ1v) is 6.72. The van der Waals surface area contributed by atoms with Crippen LogP contribution in [0.5, 0.6) is 0 Å². The Bertz CT molecular complexity index is 337. The summed E-state index contributed by atoms with van der Waals surface area (Å²) in [6.45, 7) is 7.66. The van der Waals surface area contributed by atoms with E-state index in [9.17, 15) is 10.0 Å². The number of hydrogen-bond donors (Lipinski definition) is 1. The molecule has 1 saturated heterocycles. The quantitative estimate of drug-likeness (QED) is 0.475. The average Bonchev–Trinajstić information content (AvgIpc) is 2.31. The molecule has 0 saturated carbocycles. The van der Waals surface area contributed by atoms with Crippen LogP contribution in [0.4, 0.5) is 0 Å². The topological polar surface area (TPSA) is 43.8 Å². The van der Waals surface area contributed by atoms with Gasteiger partial charge in [-0.15, -0.1) is 0 Å². The van der Waals surface area contributed by atoms with Gasteiger partial charge >= 0.3 is 0 Å². The third-order valence-electron chi connectivity index (χ3n) is 3.29. The van der Waals surface area contributed by atoms with Gasteiger partial charge in [0, 0.05) is 18.8 Å². The maximum Gasteiger partial charge on any atom is 0.167 e. The summed E-state index contributed by atoms with van der Waals surface area (Å²) in [5.41, 5.74) is -0.192. The molecule has 1 aliphatic rings. The lowest BCUT2D eigenvalue weighted by Gasteiger charge is -2.34. The highest BCUT2D eigenvalue weighted by atomic mass is 127. The van der Waals surface area contributed by atoms with E-state index in [1.165, 1.54) is 5.06 Å². The van der Waals surface area contributed by atoms with E-state index < -0.39 is 11.2 Å². The van der Waals surface area contributed by atoms with Crippen molar-refractivity contribution in [2.75, 3.05) is 11.5 Å². The molecule has 0 unspecified atom stereocenters. The minimum absolute atomic E-state index is 0.0709. The molecule has 16 heavy (non-hydrogen) atoms. The predicted octanol–water partition coefficient (Wildman–Crippen LogP) is 2.03. The molecule has 1 aliphatic heterocycles. The summed E-state index contributed by atoms with van der Waals surface area (Å²) in [5, 5.41) is 11.4. The first-order valence-electron chi connectivity index (χ1n) is 5.19. The monoisotopic (exact) mass is 338 g/mol. The summed E-state index contributed by atoms with van der Waals surface area (Å²) in [6.07, 6.45) is 1.63. The molecule has 0 amide bonds. The van der Waals surface area contributed by atoms with Crippen molar-refractivity contribution in [2.45, 2.75) is 38.9 Å². The summed E-state index contributed by atoms with van der Waals surface area (Å²) in [6, 6.07) is 0. The molecule has 4 nitrogen and oxygen atoms in total. The maximum absolute atomic E-state index is 11.5. The molecule has 1 N–H and O–H groups in total. The van der Waals surface area contributed by atoms with Gasteiger partial charge in [0.25, 0.3) is 0 Å². The van der Waals surface area contributed by atoms with Gasteiger partial charge in [-0.2, -0.15) is 5.06 Å². The van der Waals surface area contributed by atoms with E-state index in [0.717, 1.165) is 5.70 Å². The molecule has 0 aromatic heterocycles. The normalized spacial score (nSPS) is 26.4. The van der Waals surface area contributed by atoms with Gasteiger partial charge in [-0.1, -0.05) is 22.6 Å². The van der Waals surface area contributed by atoms with Crippen LogP contribution in [0.3, 0.4) is 0 Å². The third kappa shape index (κ3) is 2.00. The molecule has 0 aromatic rings. The molecule has 5 heteroatoms. The summed E-state index contributed by atoms with van der Waals surface area (Å²) in [4.78, 5) is 13.4. The second-order valence-electron chi connectivity index (χ2n) is 5.05. The maximum atomic E-state index is 11.5. The van der Waals surface area contributed by atoms with E-state index in [1.54, 1.807) is 6.08 Å². The largest absolute Gasteiger partial charge is 0.356 e. The van der Waals surface area contributed by atoms with Gasteiger partial charge in [0.05, 0.1) is 9.97 Å².